The first kappa shape index (κ1) is 18.4. The van der Waals surface area contributed by atoms with Gasteiger partial charge in [-0.1, -0.05) is 88.7 Å². The van der Waals surface area contributed by atoms with Crippen molar-refractivity contribution >= 4 is 33.6 Å². The molecule has 1 aliphatic rings. The summed E-state index contributed by atoms with van der Waals surface area (Å²) in [6.07, 6.45) is 4.12. The highest BCUT2D eigenvalue weighted by Gasteiger charge is 2.32. The number of amides is 1. The minimum atomic E-state index is -0.122. The van der Waals surface area contributed by atoms with Crippen LogP contribution in [-0.2, 0) is 4.79 Å². The third-order valence-electron chi connectivity index (χ3n) is 4.72. The van der Waals surface area contributed by atoms with Crippen molar-refractivity contribution in [1.82, 2.24) is 5.01 Å². The molecule has 0 unspecified atom stereocenters. The van der Waals surface area contributed by atoms with Gasteiger partial charge in [0, 0.05) is 17.0 Å². The summed E-state index contributed by atoms with van der Waals surface area (Å²) in [5.41, 5.74) is 4.03. The van der Waals surface area contributed by atoms with Crippen molar-refractivity contribution in [3.05, 3.63) is 112 Å². The topological polar surface area (TPSA) is 32.7 Å². The number of hydrogen-bond acceptors (Lipinski definition) is 2. The van der Waals surface area contributed by atoms with E-state index in [9.17, 15) is 4.79 Å². The Morgan fingerprint density at radius 2 is 1.57 bits per heavy atom. The zero-order valence-electron chi connectivity index (χ0n) is 15.2. The lowest BCUT2D eigenvalue weighted by Crippen LogP contribution is -2.25. The Morgan fingerprint density at radius 1 is 0.929 bits per heavy atom. The van der Waals surface area contributed by atoms with Crippen molar-refractivity contribution in [1.29, 1.82) is 0 Å². The van der Waals surface area contributed by atoms with Gasteiger partial charge < -0.3 is 0 Å². The maximum atomic E-state index is 13.0. The van der Waals surface area contributed by atoms with Gasteiger partial charge in [-0.3, -0.25) is 4.79 Å². The Labute approximate surface area is 173 Å². The first-order chi connectivity index (χ1) is 13.7. The molecule has 1 amide bonds. The highest BCUT2D eigenvalue weighted by molar-refractivity contribution is 9.10. The highest BCUT2D eigenvalue weighted by Crippen LogP contribution is 2.33. The van der Waals surface area contributed by atoms with Crippen LogP contribution in [0.25, 0.3) is 6.08 Å². The zero-order valence-corrected chi connectivity index (χ0v) is 16.8. The van der Waals surface area contributed by atoms with Crippen LogP contribution in [0.15, 0.2) is 101 Å². The molecule has 0 spiro atoms. The monoisotopic (exact) mass is 430 g/mol. The quantitative estimate of drug-likeness (QED) is 0.478. The average Bonchev–Trinajstić information content (AvgIpc) is 3.19. The van der Waals surface area contributed by atoms with Gasteiger partial charge in [0.25, 0.3) is 5.91 Å². The molecule has 0 aromatic heterocycles. The van der Waals surface area contributed by atoms with E-state index < -0.39 is 0 Å². The summed E-state index contributed by atoms with van der Waals surface area (Å²) in [5.74, 6) is -0.122. The van der Waals surface area contributed by atoms with Crippen molar-refractivity contribution in [2.75, 3.05) is 0 Å². The van der Waals surface area contributed by atoms with E-state index in [-0.39, 0.29) is 11.9 Å². The van der Waals surface area contributed by atoms with Crippen LogP contribution in [0.5, 0.6) is 0 Å². The van der Waals surface area contributed by atoms with E-state index in [4.69, 9.17) is 0 Å². The fourth-order valence-electron chi connectivity index (χ4n) is 3.27. The van der Waals surface area contributed by atoms with Crippen molar-refractivity contribution in [2.24, 2.45) is 5.10 Å². The summed E-state index contributed by atoms with van der Waals surface area (Å²) in [5, 5.41) is 6.29. The van der Waals surface area contributed by atoms with Gasteiger partial charge in [0.2, 0.25) is 0 Å². The first-order valence-corrected chi connectivity index (χ1v) is 9.95. The Morgan fingerprint density at radius 3 is 2.25 bits per heavy atom. The summed E-state index contributed by atoms with van der Waals surface area (Å²) in [4.78, 5) is 13.0. The predicted molar refractivity (Wildman–Crippen MR) is 117 cm³/mol. The maximum Gasteiger partial charge on any atom is 0.267 e. The number of benzene rings is 3. The summed E-state index contributed by atoms with van der Waals surface area (Å²) in [6, 6.07) is 27.8. The Bertz CT molecular complexity index is 1010. The third kappa shape index (κ3) is 4.12. The lowest BCUT2D eigenvalue weighted by Gasteiger charge is -2.20. The van der Waals surface area contributed by atoms with Crippen LogP contribution >= 0.6 is 15.9 Å². The van der Waals surface area contributed by atoms with Crippen LogP contribution in [-0.4, -0.2) is 16.6 Å². The van der Waals surface area contributed by atoms with Gasteiger partial charge in [-0.05, 0) is 34.9 Å². The lowest BCUT2D eigenvalue weighted by molar-refractivity contribution is -0.127. The van der Waals surface area contributed by atoms with Crippen molar-refractivity contribution in [3.8, 4) is 0 Å². The molecule has 1 aliphatic heterocycles. The lowest BCUT2D eigenvalue weighted by atomic mass is 9.98. The average molecular weight is 431 g/mol. The standard InChI is InChI=1S/C24H19BrN2O/c25-21-14-12-20(13-15-21)23-17-22(19-9-5-2-6-10-19)26-27(23)24(28)16-11-18-7-3-1-4-8-18/h1-16,23H,17H2/b16-11+/t23-/m0/s1. The molecule has 4 heteroatoms. The Hall–Kier alpha value is -2.98. The second-order valence-corrected chi connectivity index (χ2v) is 7.53. The minimum absolute atomic E-state index is 0.115. The van der Waals surface area contributed by atoms with E-state index in [0.29, 0.717) is 6.42 Å². The first-order valence-electron chi connectivity index (χ1n) is 9.15. The molecule has 4 rings (SSSR count). The number of hydrogen-bond donors (Lipinski definition) is 0. The van der Waals surface area contributed by atoms with Crippen LogP contribution in [0.4, 0.5) is 0 Å². The Balaban J connectivity index is 1.64. The van der Waals surface area contributed by atoms with Gasteiger partial charge >= 0.3 is 0 Å². The van der Waals surface area contributed by atoms with E-state index in [1.54, 1.807) is 11.1 Å². The van der Waals surface area contributed by atoms with E-state index >= 15 is 0 Å². The summed E-state index contributed by atoms with van der Waals surface area (Å²) in [7, 11) is 0. The molecule has 3 aromatic carbocycles. The molecular formula is C24H19BrN2O. The van der Waals surface area contributed by atoms with Crippen LogP contribution in [0.1, 0.15) is 29.2 Å². The second kappa shape index (κ2) is 8.36. The van der Waals surface area contributed by atoms with Crippen LogP contribution < -0.4 is 0 Å². The molecular weight excluding hydrogens is 412 g/mol. The number of nitrogens with zero attached hydrogens (tertiary/aromatic N) is 2. The van der Waals surface area contributed by atoms with Gasteiger partial charge in [0.1, 0.15) is 0 Å². The fraction of sp³-hybridized carbons (Fsp3) is 0.0833. The van der Waals surface area contributed by atoms with Crippen molar-refractivity contribution < 1.29 is 4.79 Å². The van der Waals surface area contributed by atoms with Crippen LogP contribution in [0.2, 0.25) is 0 Å². The van der Waals surface area contributed by atoms with Gasteiger partial charge in [0.15, 0.2) is 0 Å². The molecule has 0 radical (unpaired) electrons. The Kier molecular flexibility index (Phi) is 5.49. The van der Waals surface area contributed by atoms with E-state index in [2.05, 4.69) is 21.0 Å². The SMILES string of the molecule is O=C(/C=C/c1ccccc1)N1N=C(c2ccccc2)C[C@H]1c1ccc(Br)cc1. The zero-order chi connectivity index (χ0) is 19.3. The molecule has 3 aromatic rings. The van der Waals surface area contributed by atoms with Gasteiger partial charge in [-0.25, -0.2) is 5.01 Å². The summed E-state index contributed by atoms with van der Waals surface area (Å²) < 4.78 is 1.01. The predicted octanol–water partition coefficient (Wildman–Crippen LogP) is 5.84. The third-order valence-corrected chi connectivity index (χ3v) is 5.24. The molecule has 0 bridgehead atoms. The molecule has 1 heterocycles. The van der Waals surface area contributed by atoms with Gasteiger partial charge in [-0.15, -0.1) is 0 Å². The number of carbonyl (C=O) groups is 1. The number of carbonyl (C=O) groups excluding carboxylic acids is 1. The molecule has 0 fully saturated rings. The molecule has 0 aliphatic carbocycles. The molecule has 0 saturated heterocycles. The second-order valence-electron chi connectivity index (χ2n) is 6.61. The minimum Gasteiger partial charge on any atom is -0.268 e. The molecule has 3 nitrogen and oxygen atoms in total. The number of rotatable bonds is 4. The summed E-state index contributed by atoms with van der Waals surface area (Å²) >= 11 is 3.48. The molecule has 0 saturated carbocycles. The summed E-state index contributed by atoms with van der Waals surface area (Å²) in [6.45, 7) is 0. The van der Waals surface area contributed by atoms with Crippen molar-refractivity contribution in [2.45, 2.75) is 12.5 Å². The van der Waals surface area contributed by atoms with Crippen LogP contribution in [0.3, 0.4) is 0 Å². The molecule has 138 valence electrons. The number of hydrazone groups is 1. The van der Waals surface area contributed by atoms with E-state index in [1.165, 1.54) is 0 Å². The van der Waals surface area contributed by atoms with Crippen molar-refractivity contribution in [3.63, 3.8) is 0 Å². The molecule has 1 atom stereocenters. The molecule has 28 heavy (non-hydrogen) atoms. The number of halogens is 1. The van der Waals surface area contributed by atoms with E-state index in [1.807, 2.05) is 91.0 Å². The molecule has 0 N–H and O–H groups in total. The van der Waals surface area contributed by atoms with Crippen LogP contribution in [0, 0.1) is 0 Å². The van der Waals surface area contributed by atoms with Gasteiger partial charge in [0.05, 0.1) is 11.8 Å². The van der Waals surface area contributed by atoms with E-state index in [0.717, 1.165) is 26.9 Å². The smallest absolute Gasteiger partial charge is 0.267 e. The largest absolute Gasteiger partial charge is 0.268 e. The highest BCUT2D eigenvalue weighted by atomic mass is 79.9. The van der Waals surface area contributed by atoms with Gasteiger partial charge in [-0.2, -0.15) is 5.10 Å². The fourth-order valence-corrected chi connectivity index (χ4v) is 3.54. The normalized spacial score (nSPS) is 16.4. The maximum absolute atomic E-state index is 13.0.